The van der Waals surface area contributed by atoms with Crippen LogP contribution < -0.4 is 10.6 Å². The number of ether oxygens (including phenoxy) is 1. The number of urea groups is 1. The number of halogens is 2. The second-order valence-corrected chi connectivity index (χ2v) is 7.26. The number of piperidine rings is 1. The van der Waals surface area contributed by atoms with Gasteiger partial charge in [0.25, 0.3) is 5.92 Å². The first kappa shape index (κ1) is 17.7. The molecule has 23 heavy (non-hydrogen) atoms. The van der Waals surface area contributed by atoms with Crippen molar-refractivity contribution < 1.29 is 23.1 Å². The van der Waals surface area contributed by atoms with E-state index in [4.69, 9.17) is 4.74 Å². The van der Waals surface area contributed by atoms with E-state index < -0.39 is 36.0 Å². The number of alkyl halides is 2. The van der Waals surface area contributed by atoms with Crippen molar-refractivity contribution in [1.82, 2.24) is 15.5 Å². The zero-order valence-electron chi connectivity index (χ0n) is 13.8. The Morgan fingerprint density at radius 1 is 1.30 bits per heavy atom. The molecule has 1 unspecified atom stereocenters. The van der Waals surface area contributed by atoms with Gasteiger partial charge >= 0.3 is 12.1 Å². The predicted molar refractivity (Wildman–Crippen MR) is 80.4 cm³/mol. The number of hydrogen-bond donors (Lipinski definition) is 2. The van der Waals surface area contributed by atoms with E-state index in [9.17, 15) is 18.4 Å². The molecule has 0 aromatic carbocycles. The van der Waals surface area contributed by atoms with Crippen LogP contribution in [0, 0.1) is 5.92 Å². The molecular formula is C15H25F2N3O3. The van der Waals surface area contributed by atoms with Gasteiger partial charge in [0.1, 0.15) is 5.60 Å². The Balaban J connectivity index is 1.87. The number of hydrogen-bond acceptors (Lipinski definition) is 3. The van der Waals surface area contributed by atoms with E-state index in [2.05, 4.69) is 10.6 Å². The summed E-state index contributed by atoms with van der Waals surface area (Å²) in [6.45, 7) is 4.82. The van der Waals surface area contributed by atoms with Gasteiger partial charge in [-0.1, -0.05) is 0 Å². The lowest BCUT2D eigenvalue weighted by Crippen LogP contribution is -2.54. The lowest BCUT2D eigenvalue weighted by molar-refractivity contribution is -0.103. The van der Waals surface area contributed by atoms with E-state index in [1.54, 1.807) is 20.8 Å². The first-order valence-electron chi connectivity index (χ1n) is 7.97. The van der Waals surface area contributed by atoms with Crippen LogP contribution in [-0.4, -0.2) is 54.2 Å². The minimum Gasteiger partial charge on any atom is -0.444 e. The summed E-state index contributed by atoms with van der Waals surface area (Å²) < 4.78 is 33.3. The van der Waals surface area contributed by atoms with Gasteiger partial charge in [0.05, 0.1) is 5.92 Å². The molecule has 1 aliphatic heterocycles. The van der Waals surface area contributed by atoms with Crippen molar-refractivity contribution in [2.24, 2.45) is 5.92 Å². The van der Waals surface area contributed by atoms with E-state index in [0.29, 0.717) is 0 Å². The fourth-order valence-corrected chi connectivity index (χ4v) is 2.37. The summed E-state index contributed by atoms with van der Waals surface area (Å²) in [5.41, 5.74) is -0.672. The van der Waals surface area contributed by atoms with Gasteiger partial charge in [0.15, 0.2) is 0 Å². The topological polar surface area (TPSA) is 70.7 Å². The Bertz CT molecular complexity index is 461. The molecule has 132 valence electrons. The van der Waals surface area contributed by atoms with Crippen molar-refractivity contribution in [2.75, 3.05) is 19.6 Å². The van der Waals surface area contributed by atoms with E-state index in [0.717, 1.165) is 12.8 Å². The number of rotatable bonds is 3. The van der Waals surface area contributed by atoms with Crippen molar-refractivity contribution in [3.8, 4) is 0 Å². The van der Waals surface area contributed by atoms with Crippen LogP contribution in [-0.2, 0) is 4.74 Å². The molecule has 0 radical (unpaired) electrons. The highest BCUT2D eigenvalue weighted by atomic mass is 19.3. The van der Waals surface area contributed by atoms with Gasteiger partial charge < -0.3 is 20.3 Å². The average molecular weight is 333 g/mol. The first-order chi connectivity index (χ1) is 10.6. The van der Waals surface area contributed by atoms with Crippen LogP contribution in [0.25, 0.3) is 0 Å². The highest BCUT2D eigenvalue weighted by Crippen LogP contribution is 2.33. The third kappa shape index (κ3) is 5.51. The number of nitrogens with one attached hydrogen (secondary N) is 2. The van der Waals surface area contributed by atoms with Gasteiger partial charge in [0.2, 0.25) is 0 Å². The first-order valence-corrected chi connectivity index (χ1v) is 7.97. The quantitative estimate of drug-likeness (QED) is 0.833. The number of amides is 3. The van der Waals surface area contributed by atoms with E-state index in [1.165, 1.54) is 4.90 Å². The smallest absolute Gasteiger partial charge is 0.410 e. The maximum atomic E-state index is 14.0. The van der Waals surface area contributed by atoms with Crippen LogP contribution in [0.3, 0.4) is 0 Å². The lowest BCUT2D eigenvalue weighted by Gasteiger charge is -2.38. The molecule has 2 fully saturated rings. The van der Waals surface area contributed by atoms with Gasteiger partial charge in [-0.15, -0.1) is 0 Å². The molecular weight excluding hydrogens is 308 g/mol. The number of carbonyl (C=O) groups excluding carboxylic acids is 2. The summed E-state index contributed by atoms with van der Waals surface area (Å²) in [7, 11) is 0. The SMILES string of the molecule is CC(C)(C)OC(=O)N1CCC(F)(F)C(CNC(=O)NC2CC2)C1. The second kappa shape index (κ2) is 6.49. The van der Waals surface area contributed by atoms with Gasteiger partial charge in [0, 0.05) is 32.1 Å². The minimum absolute atomic E-state index is 0.0489. The van der Waals surface area contributed by atoms with Crippen LogP contribution in [0.1, 0.15) is 40.0 Å². The van der Waals surface area contributed by atoms with Gasteiger partial charge in [-0.3, -0.25) is 0 Å². The average Bonchev–Trinajstić information content (AvgIpc) is 3.18. The normalized spacial score (nSPS) is 24.0. The van der Waals surface area contributed by atoms with E-state index in [1.807, 2.05) is 0 Å². The second-order valence-electron chi connectivity index (χ2n) is 7.26. The molecule has 1 saturated heterocycles. The van der Waals surface area contributed by atoms with Crippen molar-refractivity contribution >= 4 is 12.1 Å². The van der Waals surface area contributed by atoms with Crippen LogP contribution in [0.5, 0.6) is 0 Å². The Morgan fingerprint density at radius 2 is 1.96 bits per heavy atom. The van der Waals surface area contributed by atoms with Crippen LogP contribution >= 0.6 is 0 Å². The van der Waals surface area contributed by atoms with Gasteiger partial charge in [-0.05, 0) is 33.6 Å². The number of carbonyl (C=O) groups is 2. The number of nitrogens with zero attached hydrogens (tertiary/aromatic N) is 1. The highest BCUT2D eigenvalue weighted by Gasteiger charge is 2.45. The predicted octanol–water partition coefficient (Wildman–Crippen LogP) is 2.34. The molecule has 1 heterocycles. The van der Waals surface area contributed by atoms with Crippen LogP contribution in [0.15, 0.2) is 0 Å². The maximum absolute atomic E-state index is 14.0. The molecule has 0 aromatic rings. The van der Waals surface area contributed by atoms with Crippen molar-refractivity contribution in [3.05, 3.63) is 0 Å². The van der Waals surface area contributed by atoms with Gasteiger partial charge in [-0.25, -0.2) is 18.4 Å². The Labute approximate surface area is 134 Å². The van der Waals surface area contributed by atoms with E-state index in [-0.39, 0.29) is 25.7 Å². The molecule has 2 aliphatic rings. The molecule has 8 heteroatoms. The maximum Gasteiger partial charge on any atom is 0.410 e. The fraction of sp³-hybridized carbons (Fsp3) is 0.867. The standard InChI is InChI=1S/C15H25F2N3O3/c1-14(2,3)23-13(22)20-7-6-15(16,17)10(9-20)8-18-12(21)19-11-4-5-11/h10-11H,4-9H2,1-3H3,(H2,18,19,21). The molecule has 1 saturated carbocycles. The Morgan fingerprint density at radius 3 is 2.52 bits per heavy atom. The van der Waals surface area contributed by atoms with Crippen molar-refractivity contribution in [2.45, 2.75) is 57.6 Å². The third-order valence-electron chi connectivity index (χ3n) is 3.83. The van der Waals surface area contributed by atoms with Crippen molar-refractivity contribution in [3.63, 3.8) is 0 Å². The molecule has 1 aliphatic carbocycles. The Kier molecular flexibility index (Phi) is 5.01. The molecule has 0 aromatic heterocycles. The summed E-state index contributed by atoms with van der Waals surface area (Å²) in [5.74, 6) is -4.03. The molecule has 1 atom stereocenters. The highest BCUT2D eigenvalue weighted by molar-refractivity contribution is 5.74. The molecule has 2 N–H and O–H groups in total. The molecule has 2 rings (SSSR count). The lowest BCUT2D eigenvalue weighted by atomic mass is 9.93. The number of likely N-dealkylation sites (tertiary alicyclic amines) is 1. The summed E-state index contributed by atoms with van der Waals surface area (Å²) in [6, 6.07) is -0.266. The third-order valence-corrected chi connectivity index (χ3v) is 3.83. The molecule has 6 nitrogen and oxygen atoms in total. The zero-order chi connectivity index (χ0) is 17.3. The summed E-state index contributed by atoms with van der Waals surface area (Å²) in [6.07, 6.45) is 0.835. The molecule has 0 bridgehead atoms. The van der Waals surface area contributed by atoms with Crippen LogP contribution in [0.2, 0.25) is 0 Å². The van der Waals surface area contributed by atoms with Crippen molar-refractivity contribution in [1.29, 1.82) is 0 Å². The minimum atomic E-state index is -2.91. The van der Waals surface area contributed by atoms with Crippen LogP contribution in [0.4, 0.5) is 18.4 Å². The summed E-state index contributed by atoms with van der Waals surface area (Å²) in [5, 5.41) is 5.16. The zero-order valence-corrected chi connectivity index (χ0v) is 13.8. The Hall–Kier alpha value is -1.60. The fourth-order valence-electron chi connectivity index (χ4n) is 2.37. The largest absolute Gasteiger partial charge is 0.444 e. The van der Waals surface area contributed by atoms with Gasteiger partial charge in [-0.2, -0.15) is 0 Å². The summed E-state index contributed by atoms with van der Waals surface area (Å²) >= 11 is 0. The molecule has 0 spiro atoms. The van der Waals surface area contributed by atoms with E-state index >= 15 is 0 Å². The molecule has 3 amide bonds. The summed E-state index contributed by atoms with van der Waals surface area (Å²) in [4.78, 5) is 24.9. The monoisotopic (exact) mass is 333 g/mol.